The lowest BCUT2D eigenvalue weighted by Crippen LogP contribution is -2.38. The fraction of sp³-hybridized carbons (Fsp3) is 0.294. The molecule has 2 N–H and O–H groups in total. The number of carbonyl (C=O) groups is 1. The maximum Gasteiger partial charge on any atom is 0.259 e. The van der Waals surface area contributed by atoms with Crippen LogP contribution in [0.2, 0.25) is 0 Å². The molecule has 1 amide bonds. The maximum atomic E-state index is 13.4. The summed E-state index contributed by atoms with van der Waals surface area (Å²) < 4.78 is 14.8. The van der Waals surface area contributed by atoms with Crippen LogP contribution in [0.25, 0.3) is 16.9 Å². The summed E-state index contributed by atoms with van der Waals surface area (Å²) in [6, 6.07) is 4.52. The van der Waals surface area contributed by atoms with Gasteiger partial charge in [0.1, 0.15) is 23.5 Å². The second-order valence-corrected chi connectivity index (χ2v) is 6.74. The van der Waals surface area contributed by atoms with Crippen molar-refractivity contribution in [3.8, 4) is 5.82 Å². The summed E-state index contributed by atoms with van der Waals surface area (Å²) in [5, 5.41) is 17.7. The van der Waals surface area contributed by atoms with Crippen molar-refractivity contribution in [2.45, 2.75) is 18.8 Å². The number of fused-ring (bicyclic) bond motifs is 1. The van der Waals surface area contributed by atoms with Gasteiger partial charge in [-0.15, -0.1) is 5.10 Å². The number of nitrogens with one attached hydrogen (secondary N) is 2. The summed E-state index contributed by atoms with van der Waals surface area (Å²) >= 11 is 0. The van der Waals surface area contributed by atoms with E-state index in [9.17, 15) is 9.18 Å². The molecular formula is C17H16FN9O. The van der Waals surface area contributed by atoms with Crippen LogP contribution < -0.4 is 0 Å². The summed E-state index contributed by atoms with van der Waals surface area (Å²) in [5.41, 5.74) is 1.86. The van der Waals surface area contributed by atoms with Crippen LogP contribution in [0.5, 0.6) is 0 Å². The summed E-state index contributed by atoms with van der Waals surface area (Å²) in [7, 11) is 0. The van der Waals surface area contributed by atoms with Gasteiger partial charge in [0.15, 0.2) is 5.82 Å². The Hall–Kier alpha value is -3.63. The van der Waals surface area contributed by atoms with Crippen molar-refractivity contribution in [3.63, 3.8) is 0 Å². The smallest absolute Gasteiger partial charge is 0.259 e. The quantitative estimate of drug-likeness (QED) is 0.554. The van der Waals surface area contributed by atoms with E-state index in [4.69, 9.17) is 0 Å². The molecule has 0 saturated carbocycles. The molecule has 142 valence electrons. The number of hydrogen-bond donors (Lipinski definition) is 2. The second kappa shape index (κ2) is 6.51. The third-order valence-corrected chi connectivity index (χ3v) is 5.06. The van der Waals surface area contributed by atoms with Crippen LogP contribution >= 0.6 is 0 Å². The number of amides is 1. The Morgan fingerprint density at radius 2 is 2.11 bits per heavy atom. The predicted molar refractivity (Wildman–Crippen MR) is 95.2 cm³/mol. The lowest BCUT2D eigenvalue weighted by molar-refractivity contribution is 0.0711. The van der Waals surface area contributed by atoms with Gasteiger partial charge in [-0.05, 0) is 41.5 Å². The molecule has 0 aliphatic carbocycles. The number of likely N-dealkylation sites (tertiary alicyclic amines) is 1. The monoisotopic (exact) mass is 381 g/mol. The highest BCUT2D eigenvalue weighted by molar-refractivity contribution is 5.97. The van der Waals surface area contributed by atoms with Crippen LogP contribution in [-0.2, 0) is 0 Å². The van der Waals surface area contributed by atoms with Crippen molar-refractivity contribution < 1.29 is 9.18 Å². The SMILES string of the molecule is O=C(c1cn[nH]c1-n1cnnn1)N1CCC(c2nc3ccc(F)cc3[nH]2)CC1. The van der Waals surface area contributed by atoms with E-state index in [1.807, 2.05) is 0 Å². The zero-order valence-electron chi connectivity index (χ0n) is 14.7. The molecule has 1 saturated heterocycles. The third kappa shape index (κ3) is 2.80. The first-order valence-corrected chi connectivity index (χ1v) is 8.90. The first-order valence-electron chi connectivity index (χ1n) is 8.90. The molecular weight excluding hydrogens is 365 g/mol. The molecule has 3 aromatic heterocycles. The Morgan fingerprint density at radius 3 is 2.89 bits per heavy atom. The number of piperidine rings is 1. The topological polar surface area (TPSA) is 121 Å². The Balaban J connectivity index is 1.30. The molecule has 1 fully saturated rings. The molecule has 1 aliphatic heterocycles. The van der Waals surface area contributed by atoms with Gasteiger partial charge in [-0.25, -0.2) is 9.37 Å². The number of imidazole rings is 1. The summed E-state index contributed by atoms with van der Waals surface area (Å²) in [6.07, 6.45) is 4.43. The van der Waals surface area contributed by atoms with Gasteiger partial charge in [0.05, 0.1) is 17.2 Å². The van der Waals surface area contributed by atoms with Gasteiger partial charge in [-0.1, -0.05) is 0 Å². The number of halogens is 1. The molecule has 4 heterocycles. The molecule has 10 nitrogen and oxygen atoms in total. The van der Waals surface area contributed by atoms with Gasteiger partial charge in [-0.3, -0.25) is 9.89 Å². The van der Waals surface area contributed by atoms with Crippen molar-refractivity contribution in [2.75, 3.05) is 13.1 Å². The van der Waals surface area contributed by atoms with Gasteiger partial charge < -0.3 is 9.88 Å². The van der Waals surface area contributed by atoms with Gasteiger partial charge >= 0.3 is 0 Å². The minimum absolute atomic E-state index is 0.121. The highest BCUT2D eigenvalue weighted by Gasteiger charge is 2.28. The Labute approximate surface area is 157 Å². The zero-order chi connectivity index (χ0) is 19.1. The second-order valence-electron chi connectivity index (χ2n) is 6.74. The van der Waals surface area contributed by atoms with Gasteiger partial charge in [0.2, 0.25) is 0 Å². The molecule has 28 heavy (non-hydrogen) atoms. The van der Waals surface area contributed by atoms with E-state index in [-0.39, 0.29) is 17.6 Å². The molecule has 11 heteroatoms. The number of benzene rings is 1. The van der Waals surface area contributed by atoms with Gasteiger partial charge in [-0.2, -0.15) is 9.78 Å². The third-order valence-electron chi connectivity index (χ3n) is 5.06. The van der Waals surface area contributed by atoms with Crippen LogP contribution in [0, 0.1) is 5.82 Å². The molecule has 0 atom stereocenters. The van der Waals surface area contributed by atoms with E-state index in [0.29, 0.717) is 30.0 Å². The van der Waals surface area contributed by atoms with Crippen LogP contribution in [0.1, 0.15) is 34.9 Å². The van der Waals surface area contributed by atoms with Crippen LogP contribution in [0.4, 0.5) is 4.39 Å². The standard InChI is InChI=1S/C17H16FN9O/c18-11-1-2-13-14(7-11)22-15(21-13)10-3-5-26(6-4-10)17(28)12-8-19-23-16(12)27-9-20-24-25-27/h1-2,7-10H,3-6H2,(H,19,23)(H,21,22). The highest BCUT2D eigenvalue weighted by atomic mass is 19.1. The molecule has 0 spiro atoms. The van der Waals surface area contributed by atoms with Crippen LogP contribution in [0.3, 0.4) is 0 Å². The molecule has 5 rings (SSSR count). The van der Waals surface area contributed by atoms with Crippen molar-refractivity contribution >= 4 is 16.9 Å². The van der Waals surface area contributed by atoms with Gasteiger partial charge in [0, 0.05) is 19.0 Å². The minimum Gasteiger partial charge on any atom is -0.342 e. The van der Waals surface area contributed by atoms with E-state index in [0.717, 1.165) is 24.2 Å². The molecule has 4 aromatic rings. The number of H-pyrrole nitrogens is 2. The van der Waals surface area contributed by atoms with Gasteiger partial charge in [0.25, 0.3) is 5.91 Å². The number of tetrazole rings is 1. The van der Waals surface area contributed by atoms with E-state index < -0.39 is 0 Å². The summed E-state index contributed by atoms with van der Waals surface area (Å²) in [4.78, 5) is 22.5. The van der Waals surface area contributed by atoms with E-state index in [2.05, 4.69) is 35.7 Å². The lowest BCUT2D eigenvalue weighted by atomic mass is 9.96. The fourth-order valence-corrected chi connectivity index (χ4v) is 3.60. The van der Waals surface area contributed by atoms with Crippen molar-refractivity contribution in [1.82, 2.24) is 45.3 Å². The average molecular weight is 381 g/mol. The highest BCUT2D eigenvalue weighted by Crippen LogP contribution is 2.29. The van der Waals surface area contributed by atoms with E-state index in [1.54, 1.807) is 11.0 Å². The first-order chi connectivity index (χ1) is 13.7. The number of aromatic nitrogens is 8. The van der Waals surface area contributed by atoms with Crippen molar-refractivity contribution in [2.24, 2.45) is 0 Å². The lowest BCUT2D eigenvalue weighted by Gasteiger charge is -2.31. The molecule has 0 unspecified atom stereocenters. The number of nitrogens with zero attached hydrogens (tertiary/aromatic N) is 7. The fourth-order valence-electron chi connectivity index (χ4n) is 3.60. The number of hydrogen-bond acceptors (Lipinski definition) is 6. The van der Waals surface area contributed by atoms with Crippen LogP contribution in [-0.4, -0.2) is 64.3 Å². The number of rotatable bonds is 3. The Bertz CT molecular complexity index is 1120. The predicted octanol–water partition coefficient (Wildman–Crippen LogP) is 1.42. The largest absolute Gasteiger partial charge is 0.342 e. The van der Waals surface area contributed by atoms with Crippen LogP contribution in [0.15, 0.2) is 30.7 Å². The van der Waals surface area contributed by atoms with E-state index >= 15 is 0 Å². The van der Waals surface area contributed by atoms with Crippen molar-refractivity contribution in [3.05, 3.63) is 47.9 Å². The molecule has 0 radical (unpaired) electrons. The van der Waals surface area contributed by atoms with Crippen molar-refractivity contribution in [1.29, 1.82) is 0 Å². The summed E-state index contributed by atoms with van der Waals surface area (Å²) in [5.74, 6) is 1.07. The zero-order valence-corrected chi connectivity index (χ0v) is 14.7. The van der Waals surface area contributed by atoms with E-state index in [1.165, 1.54) is 29.3 Å². The summed E-state index contributed by atoms with van der Waals surface area (Å²) in [6.45, 7) is 1.18. The Morgan fingerprint density at radius 1 is 1.25 bits per heavy atom. The average Bonchev–Trinajstić information content (AvgIpc) is 3.46. The maximum absolute atomic E-state index is 13.4. The molecule has 0 bridgehead atoms. The Kier molecular flexibility index (Phi) is 3.85. The molecule has 1 aliphatic rings. The first kappa shape index (κ1) is 16.5. The normalized spacial score (nSPS) is 15.4. The molecule has 1 aromatic carbocycles. The minimum atomic E-state index is -0.290. The number of aromatic amines is 2. The number of carbonyl (C=O) groups excluding carboxylic acids is 1.